The molecule has 0 amide bonds. The molecule has 35 heavy (non-hydrogen) atoms. The summed E-state index contributed by atoms with van der Waals surface area (Å²) in [5.74, 6) is 1.59. The molecule has 4 atom stereocenters. The van der Waals surface area contributed by atoms with Gasteiger partial charge >= 0.3 is 12.1 Å². The molecule has 4 rings (SSSR count). The van der Waals surface area contributed by atoms with Gasteiger partial charge in [0.2, 0.25) is 0 Å². The van der Waals surface area contributed by atoms with E-state index in [1.54, 1.807) is 0 Å². The Balaban J connectivity index is 1.23. The molecule has 0 radical (unpaired) electrons. The molecule has 3 aliphatic carbocycles. The number of esters is 1. The Kier molecular flexibility index (Phi) is 8.59. The SMILES string of the molecule is C/C=C/CCC1CCC2CC(C3CCC(C(=O)Oc4ccc(C(F)(F)F)cc4F)CC3)CCC2C1. The predicted octanol–water partition coefficient (Wildman–Crippen LogP) is 8.75. The van der Waals surface area contributed by atoms with Gasteiger partial charge in [-0.2, -0.15) is 13.2 Å². The number of carbonyl (C=O) groups is 1. The van der Waals surface area contributed by atoms with Crippen molar-refractivity contribution in [2.75, 3.05) is 0 Å². The minimum absolute atomic E-state index is 0.308. The summed E-state index contributed by atoms with van der Waals surface area (Å²) in [6.07, 6.45) is 13.8. The number of alkyl halides is 3. The molecule has 0 aliphatic heterocycles. The Labute approximate surface area is 206 Å². The zero-order valence-electron chi connectivity index (χ0n) is 20.7. The van der Waals surface area contributed by atoms with Crippen LogP contribution in [0.3, 0.4) is 0 Å². The van der Waals surface area contributed by atoms with Gasteiger partial charge in [-0.15, -0.1) is 0 Å². The zero-order chi connectivity index (χ0) is 25.0. The lowest BCUT2D eigenvalue weighted by Crippen LogP contribution is -2.35. The van der Waals surface area contributed by atoms with E-state index in [1.165, 1.54) is 51.4 Å². The van der Waals surface area contributed by atoms with Crippen LogP contribution in [0.25, 0.3) is 0 Å². The van der Waals surface area contributed by atoms with Crippen molar-refractivity contribution in [2.24, 2.45) is 35.5 Å². The molecule has 3 fully saturated rings. The van der Waals surface area contributed by atoms with Crippen molar-refractivity contribution in [3.8, 4) is 5.75 Å². The first kappa shape index (κ1) is 26.2. The third-order valence-electron chi connectivity index (χ3n) is 8.98. The number of ether oxygens (including phenoxy) is 1. The number of carbonyl (C=O) groups excluding carboxylic acids is 1. The normalized spacial score (nSPS) is 31.8. The van der Waals surface area contributed by atoms with Crippen LogP contribution in [0.5, 0.6) is 5.75 Å². The molecule has 2 nitrogen and oxygen atoms in total. The number of fused-ring (bicyclic) bond motifs is 1. The van der Waals surface area contributed by atoms with Gasteiger partial charge in [-0.05, 0) is 125 Å². The average molecular weight is 495 g/mol. The lowest BCUT2D eigenvalue weighted by Gasteiger charge is -2.45. The first-order chi connectivity index (χ1) is 16.7. The quantitative estimate of drug-likeness (QED) is 0.171. The molecular formula is C29H38F4O2. The van der Waals surface area contributed by atoms with Gasteiger partial charge < -0.3 is 4.74 Å². The number of allylic oxidation sites excluding steroid dienone is 2. The molecule has 0 aromatic heterocycles. The predicted molar refractivity (Wildman–Crippen MR) is 128 cm³/mol. The maximum Gasteiger partial charge on any atom is 0.416 e. The smallest absolute Gasteiger partial charge is 0.416 e. The molecule has 1 aromatic rings. The summed E-state index contributed by atoms with van der Waals surface area (Å²) < 4.78 is 57.4. The summed E-state index contributed by atoms with van der Waals surface area (Å²) >= 11 is 0. The van der Waals surface area contributed by atoms with Crippen LogP contribution in [-0.4, -0.2) is 5.97 Å². The fraction of sp³-hybridized carbons (Fsp3) is 0.690. The van der Waals surface area contributed by atoms with E-state index in [0.717, 1.165) is 48.6 Å². The lowest BCUT2D eigenvalue weighted by molar-refractivity contribution is -0.140. The highest BCUT2D eigenvalue weighted by atomic mass is 19.4. The van der Waals surface area contributed by atoms with Crippen LogP contribution < -0.4 is 4.74 Å². The van der Waals surface area contributed by atoms with Gasteiger partial charge in [0.25, 0.3) is 0 Å². The van der Waals surface area contributed by atoms with E-state index in [0.29, 0.717) is 24.8 Å². The number of rotatable bonds is 6. The molecule has 1 aromatic carbocycles. The van der Waals surface area contributed by atoms with Crippen molar-refractivity contribution in [2.45, 2.75) is 90.1 Å². The monoisotopic (exact) mass is 494 g/mol. The van der Waals surface area contributed by atoms with Crippen molar-refractivity contribution in [3.63, 3.8) is 0 Å². The molecule has 3 saturated carbocycles. The third-order valence-corrected chi connectivity index (χ3v) is 8.98. The number of hydrogen-bond acceptors (Lipinski definition) is 2. The van der Waals surface area contributed by atoms with Crippen molar-refractivity contribution >= 4 is 5.97 Å². The maximum absolute atomic E-state index is 14.1. The van der Waals surface area contributed by atoms with Crippen LogP contribution in [0.2, 0.25) is 0 Å². The molecule has 4 unspecified atom stereocenters. The Morgan fingerprint density at radius 1 is 0.943 bits per heavy atom. The van der Waals surface area contributed by atoms with Gasteiger partial charge in [-0.1, -0.05) is 18.6 Å². The molecule has 0 bridgehead atoms. The summed E-state index contributed by atoms with van der Waals surface area (Å²) in [7, 11) is 0. The minimum atomic E-state index is -4.63. The van der Waals surface area contributed by atoms with Gasteiger partial charge in [-0.3, -0.25) is 4.79 Å². The van der Waals surface area contributed by atoms with Gasteiger partial charge in [0.1, 0.15) is 0 Å². The molecule has 0 heterocycles. The van der Waals surface area contributed by atoms with Crippen molar-refractivity contribution < 1.29 is 27.1 Å². The lowest BCUT2D eigenvalue weighted by atomic mass is 9.60. The third kappa shape index (κ3) is 6.68. The van der Waals surface area contributed by atoms with Crippen molar-refractivity contribution in [1.29, 1.82) is 0 Å². The fourth-order valence-electron chi connectivity index (χ4n) is 6.99. The van der Waals surface area contributed by atoms with E-state index in [1.807, 2.05) is 0 Å². The standard InChI is InChI=1S/C29H38F4O2/c1-2-3-4-5-19-6-7-24-17-23(13-12-22(24)16-19)20-8-10-21(11-9-20)28(34)35-27-15-14-25(18-26(27)30)29(31,32)33/h2-3,14-15,18-24H,4-13,16-17H2,1H3/b3-2+. The van der Waals surface area contributed by atoms with Gasteiger partial charge in [0, 0.05) is 0 Å². The second-order valence-electron chi connectivity index (χ2n) is 11.1. The van der Waals surface area contributed by atoms with Gasteiger partial charge in [0.05, 0.1) is 11.5 Å². The van der Waals surface area contributed by atoms with E-state index in [2.05, 4.69) is 19.1 Å². The zero-order valence-corrected chi connectivity index (χ0v) is 20.7. The van der Waals surface area contributed by atoms with Crippen LogP contribution in [-0.2, 0) is 11.0 Å². The first-order valence-electron chi connectivity index (χ1n) is 13.4. The average Bonchev–Trinajstić information content (AvgIpc) is 2.84. The second kappa shape index (κ2) is 11.5. The Hall–Kier alpha value is -1.85. The Bertz CT molecular complexity index is 885. The molecule has 0 saturated heterocycles. The highest BCUT2D eigenvalue weighted by Crippen LogP contribution is 2.49. The molecule has 6 heteroatoms. The number of hydrogen-bond donors (Lipinski definition) is 0. The Morgan fingerprint density at radius 3 is 2.23 bits per heavy atom. The molecular weight excluding hydrogens is 456 g/mol. The van der Waals surface area contributed by atoms with Crippen LogP contribution >= 0.6 is 0 Å². The summed E-state index contributed by atoms with van der Waals surface area (Å²) in [6.45, 7) is 2.09. The number of benzene rings is 1. The van der Waals surface area contributed by atoms with Crippen LogP contribution in [0.15, 0.2) is 30.4 Å². The molecule has 194 valence electrons. The summed E-state index contributed by atoms with van der Waals surface area (Å²) in [4.78, 5) is 12.6. The topological polar surface area (TPSA) is 26.3 Å². The molecule has 0 spiro atoms. The van der Waals surface area contributed by atoms with E-state index < -0.39 is 29.3 Å². The largest absolute Gasteiger partial charge is 0.423 e. The summed E-state index contributed by atoms with van der Waals surface area (Å²) in [6, 6.07) is 2.02. The van der Waals surface area contributed by atoms with Crippen LogP contribution in [0.4, 0.5) is 17.6 Å². The fourth-order valence-corrected chi connectivity index (χ4v) is 6.99. The molecule has 3 aliphatic rings. The van der Waals surface area contributed by atoms with Crippen LogP contribution in [0, 0.1) is 41.3 Å². The first-order valence-corrected chi connectivity index (χ1v) is 13.4. The number of halogens is 4. The summed E-state index contributed by atoms with van der Waals surface area (Å²) in [5, 5.41) is 0. The summed E-state index contributed by atoms with van der Waals surface area (Å²) in [5.41, 5.74) is -1.09. The highest BCUT2D eigenvalue weighted by molar-refractivity contribution is 5.75. The van der Waals surface area contributed by atoms with E-state index in [-0.39, 0.29) is 5.92 Å². The van der Waals surface area contributed by atoms with Crippen molar-refractivity contribution in [3.05, 3.63) is 41.7 Å². The Morgan fingerprint density at radius 2 is 1.57 bits per heavy atom. The maximum atomic E-state index is 14.1. The molecule has 0 N–H and O–H groups in total. The van der Waals surface area contributed by atoms with Gasteiger partial charge in [-0.25, -0.2) is 4.39 Å². The van der Waals surface area contributed by atoms with Gasteiger partial charge in [0.15, 0.2) is 11.6 Å². The van der Waals surface area contributed by atoms with E-state index in [9.17, 15) is 22.4 Å². The van der Waals surface area contributed by atoms with Crippen LogP contribution in [0.1, 0.15) is 89.5 Å². The highest BCUT2D eigenvalue weighted by Gasteiger charge is 2.39. The van der Waals surface area contributed by atoms with Crippen molar-refractivity contribution in [1.82, 2.24) is 0 Å². The minimum Gasteiger partial charge on any atom is -0.423 e. The second-order valence-corrected chi connectivity index (χ2v) is 11.1. The van der Waals surface area contributed by atoms with E-state index >= 15 is 0 Å². The van der Waals surface area contributed by atoms with E-state index in [4.69, 9.17) is 4.74 Å².